The zero-order valence-electron chi connectivity index (χ0n) is 32.6. The van der Waals surface area contributed by atoms with Crippen LogP contribution < -0.4 is 27.7 Å². The van der Waals surface area contributed by atoms with Crippen LogP contribution in [0.1, 0.15) is 38.8 Å². The Bertz CT molecular complexity index is 3480. The molecule has 0 saturated heterocycles. The van der Waals surface area contributed by atoms with Gasteiger partial charge in [0.25, 0.3) is 22.6 Å². The Morgan fingerprint density at radius 3 is 2.30 bits per heavy atom. The molecule has 0 bridgehead atoms. The molecule has 0 spiro atoms. The van der Waals surface area contributed by atoms with E-state index in [1.54, 1.807) is 47.6 Å². The molecule has 0 aliphatic rings. The number of amides is 1. The largest absolute Gasteiger partial charge is 0.467 e. The molecule has 61 heavy (non-hydrogen) atoms. The van der Waals surface area contributed by atoms with Crippen LogP contribution in [0.25, 0.3) is 47.8 Å². The number of pyridine rings is 2. The van der Waals surface area contributed by atoms with Crippen molar-refractivity contribution in [2.45, 2.75) is 33.5 Å². The number of aryl methyl sites for hydroxylation is 1. The van der Waals surface area contributed by atoms with Crippen molar-refractivity contribution < 1.29 is 13.6 Å². The fourth-order valence-electron chi connectivity index (χ4n) is 7.70. The van der Waals surface area contributed by atoms with E-state index in [0.717, 1.165) is 26.0 Å². The second-order valence-electron chi connectivity index (χ2n) is 14.5. The zero-order chi connectivity index (χ0) is 41.9. The van der Waals surface area contributed by atoms with Crippen molar-refractivity contribution in [1.29, 1.82) is 0 Å². The third kappa shape index (κ3) is 6.76. The summed E-state index contributed by atoms with van der Waals surface area (Å²) in [5, 5.41) is 4.12. The molecule has 0 unspecified atom stereocenters. The van der Waals surface area contributed by atoms with Crippen LogP contribution in [-0.4, -0.2) is 34.4 Å². The van der Waals surface area contributed by atoms with Gasteiger partial charge in [-0.1, -0.05) is 65.1 Å². The van der Waals surface area contributed by atoms with Crippen LogP contribution in [-0.2, 0) is 19.6 Å². The number of hydrogen-bond acceptors (Lipinski definition) is 11. The number of benzene rings is 3. The predicted molar refractivity (Wildman–Crippen MR) is 237 cm³/mol. The molecule has 3 aromatic carbocycles. The number of furan rings is 2. The molecule has 10 rings (SSSR count). The number of aromatic nitrogens is 6. The maximum atomic E-state index is 14.5. The third-order valence-corrected chi connectivity index (χ3v) is 12.6. The van der Waals surface area contributed by atoms with Crippen molar-refractivity contribution in [1.82, 2.24) is 28.5 Å². The van der Waals surface area contributed by atoms with E-state index in [1.807, 2.05) is 83.5 Å². The summed E-state index contributed by atoms with van der Waals surface area (Å²) >= 11 is 2.69. The van der Waals surface area contributed by atoms with E-state index in [1.165, 1.54) is 39.4 Å². The summed E-state index contributed by atoms with van der Waals surface area (Å²) in [6, 6.07) is 32.9. The van der Waals surface area contributed by atoms with Gasteiger partial charge in [-0.2, -0.15) is 4.68 Å². The molecule has 0 fully saturated rings. The summed E-state index contributed by atoms with van der Waals surface area (Å²) < 4.78 is 19.9. The number of hydrogen-bond donors (Lipinski definition) is 2. The molecule has 0 radical (unpaired) electrons. The first kappa shape index (κ1) is 37.7. The van der Waals surface area contributed by atoms with Gasteiger partial charge in [-0.05, 0) is 74.0 Å². The van der Waals surface area contributed by atoms with Gasteiger partial charge in [0.15, 0.2) is 5.13 Å². The fourth-order valence-corrected chi connectivity index (χ4v) is 9.57. The number of nitrogens with zero attached hydrogens (tertiary/aromatic N) is 6. The smallest absolute Gasteiger partial charge is 0.283 e. The lowest BCUT2D eigenvalue weighted by atomic mass is 10.1. The van der Waals surface area contributed by atoms with Crippen molar-refractivity contribution in [3.63, 3.8) is 0 Å². The molecule has 16 heteroatoms. The molecular formula is C45H34N8O6S2. The van der Waals surface area contributed by atoms with Gasteiger partial charge in [0.2, 0.25) is 5.13 Å². The maximum absolute atomic E-state index is 14.5. The number of anilines is 2. The highest BCUT2D eigenvalue weighted by Crippen LogP contribution is 2.32. The number of carbonyl (C=O) groups is 1. The monoisotopic (exact) mass is 846 g/mol. The topological polar surface area (TPSA) is 178 Å². The molecule has 1 amide bonds. The highest BCUT2D eigenvalue weighted by Gasteiger charge is 2.24. The third-order valence-electron chi connectivity index (χ3n) is 10.7. The van der Waals surface area contributed by atoms with Gasteiger partial charge in [-0.25, -0.2) is 9.97 Å². The minimum Gasteiger partial charge on any atom is -0.467 e. The molecule has 0 aliphatic carbocycles. The molecule has 0 aliphatic heterocycles. The van der Waals surface area contributed by atoms with Crippen molar-refractivity contribution in [3.05, 3.63) is 181 Å². The summed E-state index contributed by atoms with van der Waals surface area (Å²) in [5.41, 5.74) is 10.1. The van der Waals surface area contributed by atoms with Crippen LogP contribution in [0.3, 0.4) is 0 Å². The second-order valence-corrected chi connectivity index (χ2v) is 16.6. The lowest BCUT2D eigenvalue weighted by Gasteiger charge is -2.14. The van der Waals surface area contributed by atoms with E-state index in [9.17, 15) is 19.2 Å². The van der Waals surface area contributed by atoms with E-state index < -0.39 is 5.91 Å². The number of carbonyl (C=O) groups excluding carboxylic acids is 1. The normalized spacial score (nSPS) is 11.6. The first-order valence-electron chi connectivity index (χ1n) is 19.2. The van der Waals surface area contributed by atoms with Crippen LogP contribution in [0.15, 0.2) is 139 Å². The SMILES string of the molecule is Cc1c(C(=O)Nc2nc3ccccc3s2)c(N)cc(=O)n1Cc1ccc(-c2ccc3nc(-n4c(=O)c5c(C)n(Cc6ccco6)c(=O)cc5n4Cc4ccccc4)sc3c2)o1. The Hall–Kier alpha value is -7.56. The highest BCUT2D eigenvalue weighted by molar-refractivity contribution is 7.22. The summed E-state index contributed by atoms with van der Waals surface area (Å²) in [6.45, 7) is 4.02. The van der Waals surface area contributed by atoms with Gasteiger partial charge in [-0.3, -0.25) is 29.2 Å². The van der Waals surface area contributed by atoms with Crippen molar-refractivity contribution in [2.75, 3.05) is 11.1 Å². The fraction of sp³-hybridized carbons (Fsp3) is 0.111. The van der Waals surface area contributed by atoms with Gasteiger partial charge >= 0.3 is 0 Å². The van der Waals surface area contributed by atoms with Gasteiger partial charge in [0, 0.05) is 29.1 Å². The molecule has 14 nitrogen and oxygen atoms in total. The van der Waals surface area contributed by atoms with Crippen LogP contribution >= 0.6 is 22.7 Å². The first-order chi connectivity index (χ1) is 29.6. The van der Waals surface area contributed by atoms with E-state index in [2.05, 4.69) is 10.3 Å². The lowest BCUT2D eigenvalue weighted by Crippen LogP contribution is -2.28. The highest BCUT2D eigenvalue weighted by atomic mass is 32.1. The summed E-state index contributed by atoms with van der Waals surface area (Å²) in [5.74, 6) is 1.17. The van der Waals surface area contributed by atoms with Gasteiger partial charge in [0.1, 0.15) is 17.3 Å². The molecule has 302 valence electrons. The minimum absolute atomic E-state index is 0.0558. The van der Waals surface area contributed by atoms with Crippen LogP contribution in [0.2, 0.25) is 0 Å². The molecule has 0 atom stereocenters. The number of nitrogens with two attached hydrogens (primary N) is 1. The van der Waals surface area contributed by atoms with Gasteiger partial charge in [-0.15, -0.1) is 0 Å². The molecule has 7 heterocycles. The molecule has 7 aromatic heterocycles. The lowest BCUT2D eigenvalue weighted by molar-refractivity contribution is 0.102. The van der Waals surface area contributed by atoms with E-state index in [0.29, 0.717) is 61.9 Å². The van der Waals surface area contributed by atoms with Crippen molar-refractivity contribution in [2.24, 2.45) is 0 Å². The predicted octanol–water partition coefficient (Wildman–Crippen LogP) is 7.78. The molecule has 0 saturated carbocycles. The molecular weight excluding hydrogens is 813 g/mol. The zero-order valence-corrected chi connectivity index (χ0v) is 34.3. The van der Waals surface area contributed by atoms with Crippen LogP contribution in [0.5, 0.6) is 0 Å². The molecule has 3 N–H and O–H groups in total. The molecule has 10 aromatic rings. The van der Waals surface area contributed by atoms with Crippen LogP contribution in [0.4, 0.5) is 10.8 Å². The summed E-state index contributed by atoms with van der Waals surface area (Å²) in [6.07, 6.45) is 1.55. The summed E-state index contributed by atoms with van der Waals surface area (Å²) in [4.78, 5) is 64.2. The van der Waals surface area contributed by atoms with Crippen LogP contribution in [0, 0.1) is 13.8 Å². The van der Waals surface area contributed by atoms with Gasteiger partial charge < -0.3 is 23.7 Å². The Kier molecular flexibility index (Phi) is 9.22. The Morgan fingerprint density at radius 1 is 0.738 bits per heavy atom. The maximum Gasteiger partial charge on any atom is 0.283 e. The number of thiazole rings is 2. The van der Waals surface area contributed by atoms with E-state index in [-0.39, 0.29) is 41.0 Å². The average molecular weight is 847 g/mol. The standard InChI is InChI=1S/C45H34N8O6S2/c1-25-40(42(56)49-44-47-32-12-6-7-13-36(32)60-44)31(46)20-38(54)51(25)24-30-15-17-35(59-30)28-14-16-33-37(19-28)61-45(48-33)53-43(57)41-26(2)50(23-29-11-8-18-58-29)39(55)21-34(41)52(53)22-27-9-4-3-5-10-27/h3-21H,22-24,46H2,1-2H3,(H,47,49,56). The number of nitrogen functional groups attached to an aromatic ring is 1. The minimum atomic E-state index is -0.470. The van der Waals surface area contributed by atoms with Crippen molar-refractivity contribution in [3.8, 4) is 16.5 Å². The van der Waals surface area contributed by atoms with Gasteiger partial charge in [0.05, 0.1) is 68.5 Å². The number of rotatable bonds is 10. The number of fused-ring (bicyclic) bond motifs is 3. The van der Waals surface area contributed by atoms with E-state index >= 15 is 0 Å². The quantitative estimate of drug-likeness (QED) is 0.139. The Balaban J connectivity index is 0.971. The first-order valence-corrected chi connectivity index (χ1v) is 20.8. The number of para-hydroxylation sites is 1. The Labute approximate surface area is 353 Å². The number of nitrogens with one attached hydrogen (secondary N) is 1. The average Bonchev–Trinajstić information content (AvgIpc) is 4.09. The second kappa shape index (κ2) is 14.9. The summed E-state index contributed by atoms with van der Waals surface area (Å²) in [7, 11) is 0. The Morgan fingerprint density at radius 2 is 1.49 bits per heavy atom. The van der Waals surface area contributed by atoms with E-state index in [4.69, 9.17) is 19.6 Å². The van der Waals surface area contributed by atoms with Crippen molar-refractivity contribution >= 4 is 70.7 Å².